The van der Waals surface area contributed by atoms with E-state index in [1.54, 1.807) is 20.3 Å². The van der Waals surface area contributed by atoms with Gasteiger partial charge in [0.15, 0.2) is 0 Å². The van der Waals surface area contributed by atoms with Gasteiger partial charge >= 0.3 is 0 Å². The summed E-state index contributed by atoms with van der Waals surface area (Å²) >= 11 is 0. The van der Waals surface area contributed by atoms with Gasteiger partial charge in [0.05, 0.1) is 20.1 Å². The summed E-state index contributed by atoms with van der Waals surface area (Å²) in [5, 5.41) is 4.02. The van der Waals surface area contributed by atoms with Crippen molar-refractivity contribution < 1.29 is 14.0 Å². The lowest BCUT2D eigenvalue weighted by atomic mass is 10.0. The first kappa shape index (κ1) is 15.3. The molecular formula is C15H21N3O3. The van der Waals surface area contributed by atoms with Crippen molar-refractivity contribution in [3.8, 4) is 22.9 Å². The SMILES string of the molecule is CCC(N)C(C)c1nc(-c2cc(OC)cc(OC)c2)no1. The average molecular weight is 291 g/mol. The molecule has 0 spiro atoms. The van der Waals surface area contributed by atoms with Crippen LogP contribution in [0.2, 0.25) is 0 Å². The summed E-state index contributed by atoms with van der Waals surface area (Å²) in [4.78, 5) is 4.43. The Balaban J connectivity index is 2.33. The molecule has 21 heavy (non-hydrogen) atoms. The lowest BCUT2D eigenvalue weighted by molar-refractivity contribution is 0.340. The van der Waals surface area contributed by atoms with Gasteiger partial charge in [0.25, 0.3) is 0 Å². The van der Waals surface area contributed by atoms with Gasteiger partial charge in [0, 0.05) is 17.7 Å². The van der Waals surface area contributed by atoms with Crippen LogP contribution < -0.4 is 15.2 Å². The van der Waals surface area contributed by atoms with Gasteiger partial charge in [0.2, 0.25) is 11.7 Å². The number of hydrogen-bond donors (Lipinski definition) is 1. The van der Waals surface area contributed by atoms with Gasteiger partial charge in [0.1, 0.15) is 11.5 Å². The van der Waals surface area contributed by atoms with Crippen LogP contribution in [0.4, 0.5) is 0 Å². The minimum atomic E-state index is -0.00172. The highest BCUT2D eigenvalue weighted by Crippen LogP contribution is 2.29. The summed E-state index contributed by atoms with van der Waals surface area (Å²) in [5.74, 6) is 2.41. The first-order chi connectivity index (χ1) is 10.1. The van der Waals surface area contributed by atoms with Crippen LogP contribution in [0.25, 0.3) is 11.4 Å². The highest BCUT2D eigenvalue weighted by Gasteiger charge is 2.20. The van der Waals surface area contributed by atoms with Gasteiger partial charge in [-0.25, -0.2) is 0 Å². The van der Waals surface area contributed by atoms with Gasteiger partial charge in [-0.15, -0.1) is 0 Å². The van der Waals surface area contributed by atoms with E-state index in [0.29, 0.717) is 23.2 Å². The van der Waals surface area contributed by atoms with Crippen molar-refractivity contribution in [2.24, 2.45) is 5.73 Å². The zero-order chi connectivity index (χ0) is 15.4. The third kappa shape index (κ3) is 3.33. The van der Waals surface area contributed by atoms with E-state index in [1.165, 1.54) is 0 Å². The fourth-order valence-electron chi connectivity index (χ4n) is 2.01. The Bertz CT molecular complexity index is 575. The Labute approximate surface area is 124 Å². The molecule has 2 rings (SSSR count). The van der Waals surface area contributed by atoms with Crippen LogP contribution in [0.5, 0.6) is 11.5 Å². The van der Waals surface area contributed by atoms with E-state index in [1.807, 2.05) is 26.0 Å². The molecule has 2 N–H and O–H groups in total. The highest BCUT2D eigenvalue weighted by molar-refractivity contribution is 5.60. The topological polar surface area (TPSA) is 83.4 Å². The number of hydrogen-bond acceptors (Lipinski definition) is 6. The Morgan fingerprint density at radius 1 is 1.19 bits per heavy atom. The zero-order valence-corrected chi connectivity index (χ0v) is 12.8. The molecule has 0 saturated carbocycles. The molecule has 0 fully saturated rings. The van der Waals surface area contributed by atoms with Crippen LogP contribution in [-0.2, 0) is 0 Å². The summed E-state index contributed by atoms with van der Waals surface area (Å²) in [7, 11) is 3.20. The standard InChI is InChI=1S/C15H21N3O3/c1-5-13(16)9(2)15-17-14(18-21-15)10-6-11(19-3)8-12(7-10)20-4/h6-9,13H,5,16H2,1-4H3. The molecule has 6 heteroatoms. The van der Waals surface area contributed by atoms with E-state index in [0.717, 1.165) is 12.0 Å². The van der Waals surface area contributed by atoms with Crippen molar-refractivity contribution in [1.82, 2.24) is 10.1 Å². The number of nitrogens with two attached hydrogens (primary N) is 1. The van der Waals surface area contributed by atoms with Gasteiger partial charge in [-0.1, -0.05) is 19.0 Å². The number of rotatable bonds is 6. The minimum Gasteiger partial charge on any atom is -0.497 e. The molecule has 0 aliphatic carbocycles. The molecule has 1 aromatic carbocycles. The summed E-state index contributed by atoms with van der Waals surface area (Å²) in [6.45, 7) is 4.02. The van der Waals surface area contributed by atoms with Crippen molar-refractivity contribution in [1.29, 1.82) is 0 Å². The largest absolute Gasteiger partial charge is 0.497 e. The second-order valence-corrected chi connectivity index (χ2v) is 4.92. The maximum Gasteiger partial charge on any atom is 0.231 e. The molecule has 2 unspecified atom stereocenters. The minimum absolute atomic E-state index is 0.00172. The summed E-state index contributed by atoms with van der Waals surface area (Å²) in [6.07, 6.45) is 0.853. The van der Waals surface area contributed by atoms with E-state index < -0.39 is 0 Å². The molecule has 0 aliphatic heterocycles. The fraction of sp³-hybridized carbons (Fsp3) is 0.467. The Morgan fingerprint density at radius 2 is 1.81 bits per heavy atom. The third-order valence-corrected chi connectivity index (χ3v) is 3.55. The Morgan fingerprint density at radius 3 is 2.33 bits per heavy atom. The smallest absolute Gasteiger partial charge is 0.231 e. The van der Waals surface area contributed by atoms with Crippen molar-refractivity contribution in [2.75, 3.05) is 14.2 Å². The molecule has 1 aromatic heterocycles. The zero-order valence-electron chi connectivity index (χ0n) is 12.8. The van der Waals surface area contributed by atoms with E-state index in [2.05, 4.69) is 10.1 Å². The predicted octanol–water partition coefficient (Wildman–Crippen LogP) is 2.59. The Kier molecular flexibility index (Phi) is 4.80. The molecule has 0 radical (unpaired) electrons. The molecule has 0 amide bonds. The number of methoxy groups -OCH3 is 2. The highest BCUT2D eigenvalue weighted by atomic mass is 16.5. The van der Waals surface area contributed by atoms with E-state index >= 15 is 0 Å². The number of aromatic nitrogens is 2. The second kappa shape index (κ2) is 6.58. The van der Waals surface area contributed by atoms with Crippen LogP contribution in [0, 0.1) is 0 Å². The molecule has 6 nitrogen and oxygen atoms in total. The van der Waals surface area contributed by atoms with Crippen molar-refractivity contribution in [3.63, 3.8) is 0 Å². The van der Waals surface area contributed by atoms with Crippen molar-refractivity contribution >= 4 is 0 Å². The van der Waals surface area contributed by atoms with Crippen LogP contribution >= 0.6 is 0 Å². The van der Waals surface area contributed by atoms with Gasteiger partial charge in [-0.2, -0.15) is 4.98 Å². The summed E-state index contributed by atoms with van der Waals surface area (Å²) in [6, 6.07) is 5.46. The predicted molar refractivity (Wildman–Crippen MR) is 79.5 cm³/mol. The third-order valence-electron chi connectivity index (χ3n) is 3.55. The monoisotopic (exact) mass is 291 g/mol. The molecule has 0 aliphatic rings. The maximum absolute atomic E-state index is 6.02. The Hall–Kier alpha value is -2.08. The van der Waals surface area contributed by atoms with Crippen molar-refractivity contribution in [2.45, 2.75) is 32.2 Å². The van der Waals surface area contributed by atoms with Gasteiger partial charge in [-0.3, -0.25) is 0 Å². The molecule has 114 valence electrons. The molecule has 2 atom stereocenters. The fourth-order valence-corrected chi connectivity index (χ4v) is 2.01. The van der Waals surface area contributed by atoms with Crippen LogP contribution in [0.3, 0.4) is 0 Å². The van der Waals surface area contributed by atoms with E-state index in [9.17, 15) is 0 Å². The van der Waals surface area contributed by atoms with Crippen LogP contribution in [0.15, 0.2) is 22.7 Å². The average Bonchev–Trinajstić information content (AvgIpc) is 3.02. The molecule has 0 saturated heterocycles. The van der Waals surface area contributed by atoms with Crippen LogP contribution in [0.1, 0.15) is 32.1 Å². The molecule has 1 heterocycles. The van der Waals surface area contributed by atoms with Crippen LogP contribution in [-0.4, -0.2) is 30.4 Å². The first-order valence-electron chi connectivity index (χ1n) is 6.91. The second-order valence-electron chi connectivity index (χ2n) is 4.92. The van der Waals surface area contributed by atoms with Gasteiger partial charge in [-0.05, 0) is 18.6 Å². The molecule has 2 aromatic rings. The summed E-state index contributed by atoms with van der Waals surface area (Å²) < 4.78 is 15.8. The number of benzene rings is 1. The lowest BCUT2D eigenvalue weighted by Crippen LogP contribution is -2.25. The molecular weight excluding hydrogens is 270 g/mol. The van der Waals surface area contributed by atoms with E-state index in [-0.39, 0.29) is 12.0 Å². The van der Waals surface area contributed by atoms with Gasteiger partial charge < -0.3 is 19.7 Å². The van der Waals surface area contributed by atoms with E-state index in [4.69, 9.17) is 19.7 Å². The molecule has 0 bridgehead atoms. The number of ether oxygens (including phenoxy) is 2. The maximum atomic E-state index is 6.02. The normalized spacial score (nSPS) is 13.8. The summed E-state index contributed by atoms with van der Waals surface area (Å²) in [5.41, 5.74) is 6.80. The quantitative estimate of drug-likeness (QED) is 0.880. The first-order valence-corrected chi connectivity index (χ1v) is 6.91. The van der Waals surface area contributed by atoms with Crippen molar-refractivity contribution in [3.05, 3.63) is 24.1 Å². The number of nitrogens with zero attached hydrogens (tertiary/aromatic N) is 2. The lowest BCUT2D eigenvalue weighted by Gasteiger charge is -2.13.